The van der Waals surface area contributed by atoms with E-state index in [1.165, 1.54) is 0 Å². The molecule has 2 aromatic carbocycles. The van der Waals surface area contributed by atoms with E-state index in [0.717, 1.165) is 0 Å². The van der Waals surface area contributed by atoms with Crippen LogP contribution in [-0.4, -0.2) is 5.11 Å². The van der Waals surface area contributed by atoms with Crippen LogP contribution in [0.2, 0.25) is 0 Å². The molecule has 0 aliphatic carbocycles. The minimum absolute atomic E-state index is 0.318. The number of para-hydroxylation sites is 1. The van der Waals surface area contributed by atoms with Gasteiger partial charge in [0.05, 0.1) is 0 Å². The van der Waals surface area contributed by atoms with Crippen molar-refractivity contribution in [1.82, 2.24) is 0 Å². The van der Waals surface area contributed by atoms with Crippen molar-refractivity contribution in [2.24, 2.45) is 0 Å². The fraction of sp³-hybridized carbons (Fsp3) is 0.111. The average Bonchev–Trinajstić information content (AvgIpc) is 2.59. The minimum Gasteiger partial charge on any atom is -0.505 e. The Labute approximate surface area is 130 Å². The summed E-state index contributed by atoms with van der Waals surface area (Å²) >= 11 is 0. The van der Waals surface area contributed by atoms with Crippen LogP contribution < -0.4 is 4.74 Å². The molecule has 0 fully saturated rings. The largest absolute Gasteiger partial charge is 0.505 e. The van der Waals surface area contributed by atoms with Gasteiger partial charge in [-0.15, -0.1) is 0 Å². The predicted octanol–water partition coefficient (Wildman–Crippen LogP) is 4.82. The summed E-state index contributed by atoms with van der Waals surface area (Å²) in [6.45, 7) is 4.00. The first kappa shape index (κ1) is 16.8. The van der Waals surface area contributed by atoms with Crippen molar-refractivity contribution in [1.29, 1.82) is 10.5 Å². The zero-order valence-electron chi connectivity index (χ0n) is 12.4. The van der Waals surface area contributed by atoms with Crippen molar-refractivity contribution in [3.8, 4) is 23.6 Å². The number of hydrogen-bond donors (Lipinski definition) is 1. The standard InChI is InChI=1S/C16H10N2O2.C2H6/c17-10-13(11-18)16(19)12-6-8-15(9-7-12)20-14-4-2-1-3-5-14;1-2/h1-9,19H;1-2H3. The fourth-order valence-corrected chi connectivity index (χ4v) is 1.58. The highest BCUT2D eigenvalue weighted by Gasteiger charge is 2.07. The first-order valence-electron chi connectivity index (χ1n) is 6.81. The van der Waals surface area contributed by atoms with Crippen LogP contribution in [0.25, 0.3) is 5.76 Å². The third kappa shape index (κ3) is 4.40. The minimum atomic E-state index is -0.332. The summed E-state index contributed by atoms with van der Waals surface area (Å²) in [7, 11) is 0. The topological polar surface area (TPSA) is 77.0 Å². The van der Waals surface area contributed by atoms with Crippen molar-refractivity contribution >= 4 is 5.76 Å². The van der Waals surface area contributed by atoms with Gasteiger partial charge in [-0.25, -0.2) is 0 Å². The third-order valence-corrected chi connectivity index (χ3v) is 2.57. The summed E-state index contributed by atoms with van der Waals surface area (Å²) < 4.78 is 5.60. The van der Waals surface area contributed by atoms with Crippen LogP contribution in [0.3, 0.4) is 0 Å². The lowest BCUT2D eigenvalue weighted by molar-refractivity contribution is 0.482. The molecule has 0 amide bonds. The Kier molecular flexibility index (Phi) is 6.75. The average molecular weight is 292 g/mol. The van der Waals surface area contributed by atoms with Crippen molar-refractivity contribution in [3.05, 3.63) is 65.7 Å². The van der Waals surface area contributed by atoms with E-state index in [1.807, 2.05) is 44.2 Å². The maximum atomic E-state index is 9.75. The lowest BCUT2D eigenvalue weighted by atomic mass is 10.1. The van der Waals surface area contributed by atoms with Gasteiger partial charge in [-0.05, 0) is 36.4 Å². The van der Waals surface area contributed by atoms with Crippen molar-refractivity contribution < 1.29 is 9.84 Å². The molecule has 0 saturated carbocycles. The Hall–Kier alpha value is -3.24. The zero-order valence-corrected chi connectivity index (χ0v) is 12.4. The van der Waals surface area contributed by atoms with Gasteiger partial charge in [0.2, 0.25) is 0 Å². The number of nitrogens with zero attached hydrogens (tertiary/aromatic N) is 2. The molecule has 22 heavy (non-hydrogen) atoms. The zero-order chi connectivity index (χ0) is 16.4. The number of aliphatic hydroxyl groups excluding tert-OH is 1. The highest BCUT2D eigenvalue weighted by atomic mass is 16.5. The number of benzene rings is 2. The van der Waals surface area contributed by atoms with E-state index in [4.69, 9.17) is 15.3 Å². The first-order valence-corrected chi connectivity index (χ1v) is 6.81. The van der Waals surface area contributed by atoms with E-state index in [0.29, 0.717) is 17.1 Å². The maximum Gasteiger partial charge on any atom is 0.171 e. The molecular formula is C18H16N2O2. The monoisotopic (exact) mass is 292 g/mol. The summed E-state index contributed by atoms with van der Waals surface area (Å²) in [5, 5.41) is 27.1. The number of hydrogen-bond acceptors (Lipinski definition) is 4. The Morgan fingerprint density at radius 3 is 1.86 bits per heavy atom. The number of rotatable bonds is 3. The highest BCUT2D eigenvalue weighted by Crippen LogP contribution is 2.23. The molecule has 4 nitrogen and oxygen atoms in total. The molecule has 0 saturated heterocycles. The Morgan fingerprint density at radius 2 is 1.36 bits per heavy atom. The van der Waals surface area contributed by atoms with E-state index in [1.54, 1.807) is 36.4 Å². The molecule has 0 bridgehead atoms. The van der Waals surface area contributed by atoms with Gasteiger partial charge >= 0.3 is 0 Å². The van der Waals surface area contributed by atoms with Gasteiger partial charge in [0.25, 0.3) is 0 Å². The quantitative estimate of drug-likeness (QED) is 0.649. The van der Waals surface area contributed by atoms with E-state index >= 15 is 0 Å². The predicted molar refractivity (Wildman–Crippen MR) is 85.1 cm³/mol. The summed E-state index contributed by atoms with van der Waals surface area (Å²) in [5.74, 6) is 0.972. The summed E-state index contributed by atoms with van der Waals surface area (Å²) in [5.41, 5.74) is 0.0743. The summed E-state index contributed by atoms with van der Waals surface area (Å²) in [6, 6.07) is 19.1. The molecule has 0 aromatic heterocycles. The Bertz CT molecular complexity index is 689. The second kappa shape index (κ2) is 8.84. The number of allylic oxidation sites excluding steroid dienone is 1. The highest BCUT2D eigenvalue weighted by molar-refractivity contribution is 5.69. The lowest BCUT2D eigenvalue weighted by Gasteiger charge is -2.06. The summed E-state index contributed by atoms with van der Waals surface area (Å²) in [6.07, 6.45) is 0. The van der Waals surface area contributed by atoms with Crippen molar-refractivity contribution in [2.75, 3.05) is 0 Å². The van der Waals surface area contributed by atoms with Crippen LogP contribution in [-0.2, 0) is 0 Å². The lowest BCUT2D eigenvalue weighted by Crippen LogP contribution is -1.89. The summed E-state index contributed by atoms with van der Waals surface area (Å²) in [4.78, 5) is 0. The molecule has 2 rings (SSSR count). The van der Waals surface area contributed by atoms with Crippen LogP contribution in [0.5, 0.6) is 11.5 Å². The normalized spacial score (nSPS) is 8.55. The molecule has 2 aromatic rings. The molecule has 0 spiro atoms. The van der Waals surface area contributed by atoms with Gasteiger partial charge in [-0.2, -0.15) is 10.5 Å². The SMILES string of the molecule is CC.N#CC(C#N)=C(O)c1ccc(Oc2ccccc2)cc1. The van der Waals surface area contributed by atoms with Crippen LogP contribution in [0.1, 0.15) is 19.4 Å². The molecule has 0 radical (unpaired) electrons. The number of aliphatic hydroxyl groups is 1. The van der Waals surface area contributed by atoms with E-state index in [2.05, 4.69) is 0 Å². The van der Waals surface area contributed by atoms with E-state index in [-0.39, 0.29) is 11.3 Å². The van der Waals surface area contributed by atoms with Crippen LogP contribution in [0.15, 0.2) is 60.2 Å². The van der Waals surface area contributed by atoms with Gasteiger partial charge in [0.1, 0.15) is 23.6 Å². The third-order valence-electron chi connectivity index (χ3n) is 2.57. The molecule has 0 heterocycles. The van der Waals surface area contributed by atoms with Gasteiger partial charge in [-0.3, -0.25) is 0 Å². The second-order valence-corrected chi connectivity index (χ2v) is 3.89. The second-order valence-electron chi connectivity index (χ2n) is 3.89. The molecule has 0 atom stereocenters. The molecule has 0 aliphatic heterocycles. The molecule has 1 N–H and O–H groups in total. The Morgan fingerprint density at radius 1 is 0.864 bits per heavy atom. The molecule has 0 unspecified atom stereocenters. The van der Waals surface area contributed by atoms with Crippen LogP contribution in [0.4, 0.5) is 0 Å². The van der Waals surface area contributed by atoms with Gasteiger partial charge in [0.15, 0.2) is 11.3 Å². The van der Waals surface area contributed by atoms with Crippen LogP contribution >= 0.6 is 0 Å². The fourth-order valence-electron chi connectivity index (χ4n) is 1.58. The smallest absolute Gasteiger partial charge is 0.171 e. The number of nitriles is 2. The van der Waals surface area contributed by atoms with Crippen molar-refractivity contribution in [3.63, 3.8) is 0 Å². The van der Waals surface area contributed by atoms with Gasteiger partial charge in [0, 0.05) is 5.56 Å². The maximum absolute atomic E-state index is 9.75. The van der Waals surface area contributed by atoms with Gasteiger partial charge < -0.3 is 9.84 Å². The van der Waals surface area contributed by atoms with Crippen LogP contribution in [0, 0.1) is 22.7 Å². The van der Waals surface area contributed by atoms with Crippen molar-refractivity contribution in [2.45, 2.75) is 13.8 Å². The van der Waals surface area contributed by atoms with Gasteiger partial charge in [-0.1, -0.05) is 32.0 Å². The number of ether oxygens (including phenoxy) is 1. The Balaban J connectivity index is 0.00000116. The first-order chi connectivity index (χ1) is 10.7. The van der Waals surface area contributed by atoms with E-state index < -0.39 is 0 Å². The molecule has 110 valence electrons. The van der Waals surface area contributed by atoms with E-state index in [9.17, 15) is 5.11 Å². The molecular weight excluding hydrogens is 276 g/mol. The molecule has 0 aliphatic rings. The molecule has 4 heteroatoms.